The number of phenols is 1. The maximum absolute atomic E-state index is 12.6. The number of carbonyl (C=O) groups is 1. The van der Waals surface area contributed by atoms with E-state index in [-0.39, 0.29) is 22.6 Å². The van der Waals surface area contributed by atoms with E-state index < -0.39 is 0 Å². The third kappa shape index (κ3) is 3.13. The predicted octanol–water partition coefficient (Wildman–Crippen LogP) is 3.85. The third-order valence-electron chi connectivity index (χ3n) is 3.39. The highest BCUT2D eigenvalue weighted by atomic mass is 79.9. The molecule has 1 amide bonds. The Kier molecular flexibility index (Phi) is 4.55. The Morgan fingerprint density at radius 1 is 1.25 bits per heavy atom. The molecule has 2 aromatic carbocycles. The molecule has 1 aliphatic heterocycles. The summed E-state index contributed by atoms with van der Waals surface area (Å²) in [5.74, 6) is 0.566. The molecule has 2 aromatic rings. The van der Waals surface area contributed by atoms with E-state index in [4.69, 9.17) is 21.7 Å². The zero-order chi connectivity index (χ0) is 17.3. The van der Waals surface area contributed by atoms with Crippen molar-refractivity contribution in [1.29, 1.82) is 0 Å². The van der Waals surface area contributed by atoms with Crippen LogP contribution in [0.2, 0.25) is 0 Å². The van der Waals surface area contributed by atoms with Crippen LogP contribution >= 0.6 is 28.1 Å². The van der Waals surface area contributed by atoms with Gasteiger partial charge in [-0.1, -0.05) is 6.07 Å². The Labute approximate surface area is 152 Å². The first-order chi connectivity index (χ1) is 11.5. The second-order valence-corrected chi connectivity index (χ2v) is 6.13. The van der Waals surface area contributed by atoms with Crippen LogP contribution in [0.15, 0.2) is 52.7 Å². The summed E-state index contributed by atoms with van der Waals surface area (Å²) in [7, 11) is 1.57. The molecule has 1 N–H and O–H groups in total. The molecule has 0 spiro atoms. The van der Waals surface area contributed by atoms with Crippen LogP contribution in [0, 0.1) is 0 Å². The van der Waals surface area contributed by atoms with E-state index in [0.29, 0.717) is 21.5 Å². The monoisotopic (exact) mass is 405 g/mol. The highest BCUT2D eigenvalue weighted by molar-refractivity contribution is 9.10. The van der Waals surface area contributed by atoms with Gasteiger partial charge in [0.25, 0.3) is 5.17 Å². The van der Waals surface area contributed by atoms with Crippen molar-refractivity contribution >= 4 is 51.0 Å². The zero-order valence-corrected chi connectivity index (χ0v) is 14.9. The van der Waals surface area contributed by atoms with E-state index in [9.17, 15) is 9.90 Å². The zero-order valence-electron chi connectivity index (χ0n) is 12.5. The standard InChI is InChI=1S/C17H12BrNO4S/c1-22-12-5-3-11(4-6-12)19-16(21)15(23-17(19)24)9-10-2-7-14(20)13(18)8-10/h2-9,20H,1H3. The summed E-state index contributed by atoms with van der Waals surface area (Å²) < 4.78 is 11.1. The number of halogens is 1. The van der Waals surface area contributed by atoms with Gasteiger partial charge in [0, 0.05) is 0 Å². The molecule has 5 nitrogen and oxygen atoms in total. The van der Waals surface area contributed by atoms with Gasteiger partial charge in [-0.2, -0.15) is 0 Å². The van der Waals surface area contributed by atoms with Crippen LogP contribution in [0.3, 0.4) is 0 Å². The Hall–Kier alpha value is -2.38. The molecule has 3 rings (SSSR count). The fourth-order valence-electron chi connectivity index (χ4n) is 2.19. The molecule has 1 saturated heterocycles. The molecule has 0 saturated carbocycles. The van der Waals surface area contributed by atoms with Gasteiger partial charge in [0.2, 0.25) is 0 Å². The van der Waals surface area contributed by atoms with Gasteiger partial charge in [0.1, 0.15) is 11.5 Å². The lowest BCUT2D eigenvalue weighted by atomic mass is 10.2. The van der Waals surface area contributed by atoms with Gasteiger partial charge in [0.05, 0.1) is 17.3 Å². The fourth-order valence-corrected chi connectivity index (χ4v) is 2.86. The normalized spacial score (nSPS) is 15.8. The lowest BCUT2D eigenvalue weighted by Gasteiger charge is -2.12. The molecule has 7 heteroatoms. The van der Waals surface area contributed by atoms with Crippen LogP contribution in [-0.2, 0) is 9.53 Å². The maximum atomic E-state index is 12.6. The molecule has 0 radical (unpaired) electrons. The molecule has 0 unspecified atom stereocenters. The summed E-state index contributed by atoms with van der Waals surface area (Å²) in [6.07, 6.45) is 1.57. The molecular weight excluding hydrogens is 394 g/mol. The molecule has 0 atom stereocenters. The van der Waals surface area contributed by atoms with Crippen molar-refractivity contribution in [2.75, 3.05) is 12.0 Å². The van der Waals surface area contributed by atoms with Crippen LogP contribution in [-0.4, -0.2) is 23.3 Å². The highest BCUT2D eigenvalue weighted by Crippen LogP contribution is 2.29. The van der Waals surface area contributed by atoms with Crippen LogP contribution in [0.25, 0.3) is 6.08 Å². The first-order valence-electron chi connectivity index (χ1n) is 6.90. The number of hydrogen-bond acceptors (Lipinski definition) is 5. The number of methoxy groups -OCH3 is 1. The number of phenolic OH excluding ortho intramolecular Hbond substituents is 1. The molecule has 1 fully saturated rings. The number of amides is 1. The topological polar surface area (TPSA) is 59.0 Å². The molecule has 0 aliphatic carbocycles. The number of nitrogens with zero attached hydrogens (tertiary/aromatic N) is 1. The molecule has 1 aliphatic rings. The van der Waals surface area contributed by atoms with Crippen molar-refractivity contribution in [3.63, 3.8) is 0 Å². The minimum absolute atomic E-state index is 0.0641. The first kappa shape index (κ1) is 16.5. The van der Waals surface area contributed by atoms with Crippen molar-refractivity contribution in [2.45, 2.75) is 0 Å². The van der Waals surface area contributed by atoms with Crippen LogP contribution in [0.4, 0.5) is 5.69 Å². The van der Waals surface area contributed by atoms with Gasteiger partial charge in [-0.15, -0.1) is 0 Å². The molecule has 24 heavy (non-hydrogen) atoms. The number of aromatic hydroxyl groups is 1. The first-order valence-corrected chi connectivity index (χ1v) is 8.10. The second-order valence-electron chi connectivity index (χ2n) is 4.93. The molecular formula is C17H12BrNO4S. The van der Waals surface area contributed by atoms with Crippen molar-refractivity contribution in [3.05, 3.63) is 58.3 Å². The molecule has 0 aromatic heterocycles. The SMILES string of the molecule is COc1ccc(N2C(=O)C(=Cc3ccc(O)c(Br)c3)OC2=S)cc1. The maximum Gasteiger partial charge on any atom is 0.301 e. The van der Waals surface area contributed by atoms with Gasteiger partial charge >= 0.3 is 5.91 Å². The van der Waals surface area contributed by atoms with Crippen molar-refractivity contribution in [1.82, 2.24) is 0 Å². The van der Waals surface area contributed by atoms with Gasteiger partial charge in [-0.05, 0) is 76.2 Å². The Balaban J connectivity index is 1.90. The molecule has 0 bridgehead atoms. The average molecular weight is 406 g/mol. The van der Waals surface area contributed by atoms with Gasteiger partial charge in [-0.25, -0.2) is 4.90 Å². The second kappa shape index (κ2) is 6.62. The number of thiocarbonyl (C=S) groups is 1. The van der Waals surface area contributed by atoms with Crippen molar-refractivity contribution in [3.8, 4) is 11.5 Å². The summed E-state index contributed by atoms with van der Waals surface area (Å²) in [6, 6.07) is 11.8. The number of benzene rings is 2. The smallest absolute Gasteiger partial charge is 0.301 e. The summed E-state index contributed by atoms with van der Waals surface area (Å²) in [5.41, 5.74) is 1.29. The van der Waals surface area contributed by atoms with E-state index in [0.717, 1.165) is 0 Å². The summed E-state index contributed by atoms with van der Waals surface area (Å²) in [6.45, 7) is 0. The Bertz CT molecular complexity index is 848. The summed E-state index contributed by atoms with van der Waals surface area (Å²) >= 11 is 8.39. The predicted molar refractivity (Wildman–Crippen MR) is 97.9 cm³/mol. The van der Waals surface area contributed by atoms with Crippen LogP contribution in [0.5, 0.6) is 11.5 Å². The quantitative estimate of drug-likeness (QED) is 0.620. The van der Waals surface area contributed by atoms with Gasteiger partial charge in [0.15, 0.2) is 5.76 Å². The van der Waals surface area contributed by atoms with E-state index in [2.05, 4.69) is 15.9 Å². The number of ether oxygens (including phenoxy) is 2. The van der Waals surface area contributed by atoms with E-state index >= 15 is 0 Å². The van der Waals surface area contributed by atoms with Crippen molar-refractivity contribution < 1.29 is 19.4 Å². The number of hydrogen-bond donors (Lipinski definition) is 1. The lowest BCUT2D eigenvalue weighted by Crippen LogP contribution is -2.27. The number of anilines is 1. The van der Waals surface area contributed by atoms with Gasteiger partial charge in [-0.3, -0.25) is 4.79 Å². The minimum Gasteiger partial charge on any atom is -0.507 e. The third-order valence-corrected chi connectivity index (χ3v) is 4.29. The molecule has 1 heterocycles. The highest BCUT2D eigenvalue weighted by Gasteiger charge is 2.34. The summed E-state index contributed by atoms with van der Waals surface area (Å²) in [5, 5.41) is 9.59. The Morgan fingerprint density at radius 3 is 2.58 bits per heavy atom. The molecule has 122 valence electrons. The van der Waals surface area contributed by atoms with E-state index in [1.165, 1.54) is 11.0 Å². The van der Waals surface area contributed by atoms with E-state index in [1.54, 1.807) is 49.6 Å². The Morgan fingerprint density at radius 2 is 1.96 bits per heavy atom. The number of rotatable bonds is 3. The fraction of sp³-hybridized carbons (Fsp3) is 0.0588. The van der Waals surface area contributed by atoms with Gasteiger partial charge < -0.3 is 14.6 Å². The van der Waals surface area contributed by atoms with Crippen molar-refractivity contribution in [2.24, 2.45) is 0 Å². The van der Waals surface area contributed by atoms with Crippen LogP contribution < -0.4 is 9.64 Å². The largest absolute Gasteiger partial charge is 0.507 e. The summed E-state index contributed by atoms with van der Waals surface area (Å²) in [4.78, 5) is 13.9. The lowest BCUT2D eigenvalue weighted by molar-refractivity contribution is -0.114. The van der Waals surface area contributed by atoms with Crippen LogP contribution in [0.1, 0.15) is 5.56 Å². The number of carbonyl (C=O) groups excluding carboxylic acids is 1. The average Bonchev–Trinajstić information content (AvgIpc) is 2.85. The van der Waals surface area contributed by atoms with E-state index in [1.807, 2.05) is 0 Å². The minimum atomic E-state index is -0.352.